The molecule has 0 heterocycles. The molecule has 16 heavy (non-hydrogen) atoms. The van der Waals surface area contributed by atoms with Crippen LogP contribution in [0.4, 0.5) is 0 Å². The molecule has 0 aromatic carbocycles. The van der Waals surface area contributed by atoms with Crippen molar-refractivity contribution in [2.75, 3.05) is 13.1 Å². The summed E-state index contributed by atoms with van der Waals surface area (Å²) in [4.78, 5) is 0. The maximum atomic E-state index is 3.17. The van der Waals surface area contributed by atoms with Gasteiger partial charge in [0, 0.05) is 0 Å². The summed E-state index contributed by atoms with van der Waals surface area (Å²) in [5.41, 5.74) is 0. The van der Waals surface area contributed by atoms with Crippen LogP contribution in [0.3, 0.4) is 0 Å². The summed E-state index contributed by atoms with van der Waals surface area (Å²) in [6, 6.07) is 0. The van der Waals surface area contributed by atoms with E-state index < -0.39 is 0 Å². The molecule has 4 saturated carbocycles. The summed E-state index contributed by atoms with van der Waals surface area (Å²) in [7, 11) is 3.17. The summed E-state index contributed by atoms with van der Waals surface area (Å²) < 4.78 is 0. The van der Waals surface area contributed by atoms with Gasteiger partial charge in [0.15, 0.2) is 0 Å². The van der Waals surface area contributed by atoms with Gasteiger partial charge < -0.3 is 5.32 Å². The van der Waals surface area contributed by atoms with Crippen molar-refractivity contribution in [3.8, 4) is 0 Å². The molecule has 2 heteroatoms. The molecule has 0 spiro atoms. The summed E-state index contributed by atoms with van der Waals surface area (Å²) in [6.07, 6.45) is 9.33. The van der Waals surface area contributed by atoms with Crippen molar-refractivity contribution in [2.45, 2.75) is 57.5 Å². The lowest BCUT2D eigenvalue weighted by molar-refractivity contribution is 0.0379. The zero-order chi connectivity index (χ0) is 11.6. The molecule has 4 rings (SSSR count). The van der Waals surface area contributed by atoms with Crippen molar-refractivity contribution < 1.29 is 0 Å². The normalized spacial score (nSPS) is 44.1. The van der Waals surface area contributed by atoms with E-state index in [0.29, 0.717) is 0 Å². The van der Waals surface area contributed by atoms with Crippen LogP contribution in [-0.4, -0.2) is 18.2 Å². The fourth-order valence-electron chi connectivity index (χ4n) is 4.43. The Morgan fingerprint density at radius 1 is 0.938 bits per heavy atom. The molecular formula is C14H28NP. The van der Waals surface area contributed by atoms with Crippen LogP contribution >= 0.6 is 9.24 Å². The van der Waals surface area contributed by atoms with Gasteiger partial charge in [0.25, 0.3) is 0 Å². The smallest absolute Gasteiger partial charge is 0.00775 e. The largest absolute Gasteiger partial charge is 0.317 e. The van der Waals surface area contributed by atoms with Gasteiger partial charge in [0.05, 0.1) is 0 Å². The van der Waals surface area contributed by atoms with Gasteiger partial charge in [-0.3, -0.25) is 0 Å². The minimum absolute atomic E-state index is 0.717. The highest BCUT2D eigenvalue weighted by atomic mass is 31.0. The Morgan fingerprint density at radius 2 is 1.31 bits per heavy atom. The Kier molecular flexibility index (Phi) is 4.30. The molecule has 4 aliphatic rings. The third-order valence-corrected chi connectivity index (χ3v) is 5.29. The fourth-order valence-corrected chi connectivity index (χ4v) is 5.43. The highest BCUT2D eigenvalue weighted by Crippen LogP contribution is 2.59. The van der Waals surface area contributed by atoms with Crippen LogP contribution < -0.4 is 5.32 Å². The lowest BCUT2D eigenvalue weighted by atomic mass is 9.56. The number of rotatable bonds is 2. The van der Waals surface area contributed by atoms with Gasteiger partial charge >= 0.3 is 0 Å². The van der Waals surface area contributed by atoms with Crippen LogP contribution in [0, 0.1) is 17.8 Å². The first-order valence-electron chi connectivity index (χ1n) is 7.14. The molecule has 0 aromatic rings. The topological polar surface area (TPSA) is 12.0 Å². The quantitative estimate of drug-likeness (QED) is 0.730. The minimum atomic E-state index is 0.717. The first-order chi connectivity index (χ1) is 7.65. The van der Waals surface area contributed by atoms with E-state index in [4.69, 9.17) is 0 Å². The molecule has 0 aliphatic heterocycles. The minimum Gasteiger partial charge on any atom is -0.317 e. The van der Waals surface area contributed by atoms with E-state index in [1.807, 2.05) is 0 Å². The Morgan fingerprint density at radius 3 is 1.50 bits per heavy atom. The van der Waals surface area contributed by atoms with E-state index >= 15 is 0 Å². The molecule has 0 radical (unpaired) electrons. The zero-order valence-electron chi connectivity index (χ0n) is 11.0. The summed E-state index contributed by atoms with van der Waals surface area (Å²) in [6.45, 7) is 6.39. The van der Waals surface area contributed by atoms with E-state index in [1.165, 1.54) is 19.3 Å². The van der Waals surface area contributed by atoms with Crippen LogP contribution in [0.5, 0.6) is 0 Å². The van der Waals surface area contributed by atoms with Crippen molar-refractivity contribution in [3.05, 3.63) is 0 Å². The summed E-state index contributed by atoms with van der Waals surface area (Å²) in [5, 5.41) is 3.83. The summed E-state index contributed by atoms with van der Waals surface area (Å²) in [5.74, 6) is 3.37. The van der Waals surface area contributed by atoms with Crippen molar-refractivity contribution >= 4 is 9.24 Å². The SMILES string of the molecule is CCNCC.PC12CC3CC(CC(C3)C1)C2. The lowest BCUT2D eigenvalue weighted by Crippen LogP contribution is -2.46. The zero-order valence-corrected chi connectivity index (χ0v) is 12.1. The lowest BCUT2D eigenvalue weighted by Gasteiger charge is -2.55. The highest BCUT2D eigenvalue weighted by Gasteiger charge is 2.48. The maximum absolute atomic E-state index is 3.17. The van der Waals surface area contributed by atoms with Crippen molar-refractivity contribution in [2.24, 2.45) is 17.8 Å². The Bertz CT molecular complexity index is 189. The Balaban J connectivity index is 0.000000168. The Hall–Kier alpha value is 0.390. The second kappa shape index (κ2) is 5.36. The molecule has 0 amide bonds. The molecule has 1 unspecified atom stereocenters. The highest BCUT2D eigenvalue weighted by molar-refractivity contribution is 7.19. The molecule has 0 aromatic heterocycles. The second-order valence-electron chi connectivity index (χ2n) is 6.24. The van der Waals surface area contributed by atoms with Crippen LogP contribution in [0.1, 0.15) is 52.4 Å². The van der Waals surface area contributed by atoms with Gasteiger partial charge in [-0.2, -0.15) is 0 Å². The van der Waals surface area contributed by atoms with Gasteiger partial charge in [0.2, 0.25) is 0 Å². The standard InChI is InChI=1S/C10H17P.C4H11N/c11-10-4-7-1-8(5-10)3-9(2-7)6-10;1-3-5-4-2/h7-9H,1-6,11H2;5H,3-4H2,1-2H3. The first kappa shape index (κ1) is 12.8. The molecule has 94 valence electrons. The number of hydrogen-bond donors (Lipinski definition) is 1. The van der Waals surface area contributed by atoms with E-state index in [1.54, 1.807) is 19.3 Å². The molecule has 4 bridgehead atoms. The van der Waals surface area contributed by atoms with Gasteiger partial charge in [-0.1, -0.05) is 13.8 Å². The monoisotopic (exact) mass is 241 g/mol. The second-order valence-corrected chi connectivity index (χ2v) is 7.46. The van der Waals surface area contributed by atoms with Crippen LogP contribution in [0.2, 0.25) is 0 Å². The average Bonchev–Trinajstić information content (AvgIpc) is 2.15. The van der Waals surface area contributed by atoms with Crippen molar-refractivity contribution in [3.63, 3.8) is 0 Å². The molecular weight excluding hydrogens is 213 g/mol. The predicted molar refractivity (Wildman–Crippen MR) is 74.8 cm³/mol. The van der Waals surface area contributed by atoms with Crippen LogP contribution in [-0.2, 0) is 0 Å². The third kappa shape index (κ3) is 2.99. The predicted octanol–water partition coefficient (Wildman–Crippen LogP) is 3.45. The van der Waals surface area contributed by atoms with E-state index in [2.05, 4.69) is 28.4 Å². The molecule has 1 atom stereocenters. The van der Waals surface area contributed by atoms with Gasteiger partial charge in [0.1, 0.15) is 0 Å². The van der Waals surface area contributed by atoms with Crippen molar-refractivity contribution in [1.29, 1.82) is 0 Å². The average molecular weight is 241 g/mol. The van der Waals surface area contributed by atoms with E-state index in [0.717, 1.165) is 36.0 Å². The molecule has 1 N–H and O–H groups in total. The molecule has 1 nitrogen and oxygen atoms in total. The molecule has 4 aliphatic carbocycles. The first-order valence-corrected chi connectivity index (χ1v) is 7.72. The number of hydrogen-bond acceptors (Lipinski definition) is 1. The summed E-state index contributed by atoms with van der Waals surface area (Å²) >= 11 is 0. The Labute approximate surface area is 103 Å². The molecule has 4 fully saturated rings. The van der Waals surface area contributed by atoms with E-state index in [-0.39, 0.29) is 0 Å². The van der Waals surface area contributed by atoms with Crippen molar-refractivity contribution in [1.82, 2.24) is 5.32 Å². The molecule has 0 saturated heterocycles. The van der Waals surface area contributed by atoms with Gasteiger partial charge in [-0.15, -0.1) is 9.24 Å². The third-order valence-electron chi connectivity index (χ3n) is 4.59. The van der Waals surface area contributed by atoms with Gasteiger partial charge in [-0.25, -0.2) is 0 Å². The van der Waals surface area contributed by atoms with Gasteiger partial charge in [-0.05, 0) is 74.5 Å². The van der Waals surface area contributed by atoms with E-state index in [9.17, 15) is 0 Å². The fraction of sp³-hybridized carbons (Fsp3) is 1.00. The van der Waals surface area contributed by atoms with Crippen LogP contribution in [0.25, 0.3) is 0 Å². The number of nitrogens with one attached hydrogen (secondary N) is 1. The maximum Gasteiger partial charge on any atom is -0.00775 e. The van der Waals surface area contributed by atoms with Crippen LogP contribution in [0.15, 0.2) is 0 Å².